The van der Waals surface area contributed by atoms with Gasteiger partial charge in [-0.05, 0) is 54.5 Å². The Morgan fingerprint density at radius 3 is 2.71 bits per heavy atom. The van der Waals surface area contributed by atoms with Gasteiger partial charge in [0.05, 0.1) is 5.57 Å². The maximum absolute atomic E-state index is 13.3. The average Bonchev–Trinajstić information content (AvgIpc) is 3.13. The number of aryl methyl sites for hydroxylation is 1. The first-order valence-electron chi connectivity index (χ1n) is 8.85. The van der Waals surface area contributed by atoms with Gasteiger partial charge in [-0.3, -0.25) is 4.79 Å². The summed E-state index contributed by atoms with van der Waals surface area (Å²) in [5, 5.41) is 18.5. The van der Waals surface area contributed by atoms with Gasteiger partial charge in [0.15, 0.2) is 0 Å². The zero-order valence-electron chi connectivity index (χ0n) is 15.7. The normalized spacial score (nSPS) is 15.8. The molecule has 0 bridgehead atoms. The highest BCUT2D eigenvalue weighted by Crippen LogP contribution is 2.37. The van der Waals surface area contributed by atoms with Crippen molar-refractivity contribution in [2.75, 3.05) is 10.6 Å². The number of hydrogen-bond acceptors (Lipinski definition) is 5. The third-order valence-corrected chi connectivity index (χ3v) is 5.36. The summed E-state index contributed by atoms with van der Waals surface area (Å²) in [5.41, 5.74) is 4.84. The van der Waals surface area contributed by atoms with Crippen molar-refractivity contribution in [1.29, 1.82) is 0 Å². The van der Waals surface area contributed by atoms with E-state index in [1.54, 1.807) is 10.7 Å². The van der Waals surface area contributed by atoms with Crippen LogP contribution in [0.4, 0.5) is 11.6 Å². The number of anilines is 2. The van der Waals surface area contributed by atoms with Crippen molar-refractivity contribution in [3.63, 3.8) is 0 Å². The fourth-order valence-electron chi connectivity index (χ4n) is 3.37. The van der Waals surface area contributed by atoms with Crippen LogP contribution in [0.25, 0.3) is 0 Å². The van der Waals surface area contributed by atoms with Crippen molar-refractivity contribution in [2.24, 2.45) is 0 Å². The molecule has 1 aliphatic rings. The minimum Gasteiger partial charge on any atom is -0.326 e. The number of hydrogen-bond donors (Lipinski definition) is 2. The van der Waals surface area contributed by atoms with Crippen LogP contribution >= 0.6 is 11.6 Å². The van der Waals surface area contributed by atoms with E-state index in [0.717, 1.165) is 22.4 Å². The number of tetrazole rings is 1. The minimum absolute atomic E-state index is 0.232. The number of carbonyl (C=O) groups excluding carboxylic acids is 1. The fourth-order valence-corrected chi connectivity index (χ4v) is 3.61. The number of benzene rings is 2. The number of allylic oxidation sites excluding steroid dienone is 1. The van der Waals surface area contributed by atoms with Crippen molar-refractivity contribution in [3.05, 3.63) is 75.4 Å². The highest BCUT2D eigenvalue weighted by atomic mass is 35.5. The Bertz CT molecular complexity index is 1100. The standard InChI is InChI=1S/C20H19ClN6O/c1-11-7-6-10-16(12(11)2)23-19(28)17-13(3)22-20-24-25-26-27(20)18(17)14-8-4-5-9-15(14)21/h4-10,18H,1-3H3,(H,23,28)(H,22,24,26). The second kappa shape index (κ2) is 7.09. The van der Waals surface area contributed by atoms with Crippen LogP contribution in [0.5, 0.6) is 0 Å². The van der Waals surface area contributed by atoms with Gasteiger partial charge < -0.3 is 10.6 Å². The first kappa shape index (κ1) is 18.2. The molecule has 0 aliphatic carbocycles. The molecule has 3 aromatic rings. The maximum atomic E-state index is 13.3. The number of rotatable bonds is 3. The van der Waals surface area contributed by atoms with E-state index in [0.29, 0.717) is 22.2 Å². The molecule has 0 saturated carbocycles. The first-order valence-corrected chi connectivity index (χ1v) is 9.23. The Kier molecular flexibility index (Phi) is 4.60. The monoisotopic (exact) mass is 394 g/mol. The molecule has 1 aromatic heterocycles. The lowest BCUT2D eigenvalue weighted by Crippen LogP contribution is -2.31. The van der Waals surface area contributed by atoms with Crippen LogP contribution in [-0.4, -0.2) is 26.1 Å². The highest BCUT2D eigenvalue weighted by molar-refractivity contribution is 6.31. The smallest absolute Gasteiger partial charge is 0.255 e. The minimum atomic E-state index is -0.537. The van der Waals surface area contributed by atoms with Crippen LogP contribution in [0, 0.1) is 13.8 Å². The topological polar surface area (TPSA) is 84.7 Å². The quantitative estimate of drug-likeness (QED) is 0.704. The van der Waals surface area contributed by atoms with Gasteiger partial charge in [0.2, 0.25) is 5.95 Å². The highest BCUT2D eigenvalue weighted by Gasteiger charge is 2.35. The molecular weight excluding hydrogens is 376 g/mol. The molecule has 4 rings (SSSR count). The van der Waals surface area contributed by atoms with Crippen molar-refractivity contribution in [3.8, 4) is 0 Å². The van der Waals surface area contributed by atoms with Crippen LogP contribution in [-0.2, 0) is 4.79 Å². The van der Waals surface area contributed by atoms with Gasteiger partial charge >= 0.3 is 0 Å². The maximum Gasteiger partial charge on any atom is 0.255 e. The van der Waals surface area contributed by atoms with Crippen LogP contribution in [0.2, 0.25) is 5.02 Å². The summed E-state index contributed by atoms with van der Waals surface area (Å²) in [7, 11) is 0. The number of aromatic nitrogens is 4. The number of nitrogens with zero attached hydrogens (tertiary/aromatic N) is 4. The van der Waals surface area contributed by atoms with E-state index in [1.165, 1.54) is 0 Å². The molecule has 142 valence electrons. The van der Waals surface area contributed by atoms with E-state index in [2.05, 4.69) is 26.2 Å². The SMILES string of the molecule is CC1=C(C(=O)Nc2cccc(C)c2C)C(c2ccccc2Cl)n2nnnc2N1. The molecule has 0 spiro atoms. The van der Waals surface area contributed by atoms with Crippen LogP contribution in [0.3, 0.4) is 0 Å². The Morgan fingerprint density at radius 2 is 1.93 bits per heavy atom. The molecule has 28 heavy (non-hydrogen) atoms. The predicted molar refractivity (Wildman–Crippen MR) is 108 cm³/mol. The predicted octanol–water partition coefficient (Wildman–Crippen LogP) is 3.87. The largest absolute Gasteiger partial charge is 0.326 e. The van der Waals surface area contributed by atoms with Crippen LogP contribution in [0.1, 0.15) is 29.7 Å². The number of amides is 1. The van der Waals surface area contributed by atoms with Crippen molar-refractivity contribution in [2.45, 2.75) is 26.8 Å². The van der Waals surface area contributed by atoms with E-state index < -0.39 is 6.04 Å². The summed E-state index contributed by atoms with van der Waals surface area (Å²) in [4.78, 5) is 13.3. The molecule has 0 saturated heterocycles. The van der Waals surface area contributed by atoms with Crippen LogP contribution in [0.15, 0.2) is 53.7 Å². The van der Waals surface area contributed by atoms with Crippen molar-refractivity contribution in [1.82, 2.24) is 20.2 Å². The number of nitrogens with one attached hydrogen (secondary N) is 2. The molecule has 1 atom stereocenters. The summed E-state index contributed by atoms with van der Waals surface area (Å²) in [5.74, 6) is 0.232. The van der Waals surface area contributed by atoms with Gasteiger partial charge in [-0.15, -0.1) is 0 Å². The molecular formula is C20H19ClN6O. The Balaban J connectivity index is 1.80. The summed E-state index contributed by atoms with van der Waals surface area (Å²) < 4.78 is 1.58. The van der Waals surface area contributed by atoms with Gasteiger partial charge in [-0.2, -0.15) is 4.68 Å². The summed E-state index contributed by atoms with van der Waals surface area (Å²) in [6.45, 7) is 5.83. The van der Waals surface area contributed by atoms with E-state index in [4.69, 9.17) is 11.6 Å². The van der Waals surface area contributed by atoms with Gasteiger partial charge in [-0.25, -0.2) is 0 Å². The van der Waals surface area contributed by atoms with Crippen LogP contribution < -0.4 is 10.6 Å². The molecule has 1 aliphatic heterocycles. The number of carbonyl (C=O) groups is 1. The van der Waals surface area contributed by atoms with Crippen molar-refractivity contribution >= 4 is 29.1 Å². The number of fused-ring (bicyclic) bond motifs is 1. The Labute approximate surface area is 167 Å². The third-order valence-electron chi connectivity index (χ3n) is 5.01. The molecule has 7 nitrogen and oxygen atoms in total. The fraction of sp³-hybridized carbons (Fsp3) is 0.200. The molecule has 0 radical (unpaired) electrons. The zero-order chi connectivity index (χ0) is 19.8. The van der Waals surface area contributed by atoms with E-state index in [9.17, 15) is 4.79 Å². The molecule has 0 fully saturated rings. The van der Waals surface area contributed by atoms with E-state index >= 15 is 0 Å². The lowest BCUT2D eigenvalue weighted by atomic mass is 9.94. The van der Waals surface area contributed by atoms with Crippen molar-refractivity contribution < 1.29 is 4.79 Å². The second-order valence-electron chi connectivity index (χ2n) is 6.74. The molecule has 2 N–H and O–H groups in total. The molecule has 2 heterocycles. The van der Waals surface area contributed by atoms with Gasteiger partial charge in [0.25, 0.3) is 5.91 Å². The summed E-state index contributed by atoms with van der Waals surface area (Å²) >= 11 is 6.46. The molecule has 8 heteroatoms. The molecule has 2 aromatic carbocycles. The Morgan fingerprint density at radius 1 is 1.14 bits per heavy atom. The third kappa shape index (κ3) is 3.03. The van der Waals surface area contributed by atoms with Gasteiger partial charge in [-0.1, -0.05) is 47.0 Å². The molecule has 1 amide bonds. The first-order chi connectivity index (χ1) is 13.5. The van der Waals surface area contributed by atoms with Gasteiger partial charge in [0.1, 0.15) is 6.04 Å². The number of halogens is 1. The molecule has 1 unspecified atom stereocenters. The lowest BCUT2D eigenvalue weighted by molar-refractivity contribution is -0.113. The van der Waals surface area contributed by atoms with E-state index in [1.807, 2.05) is 57.2 Å². The zero-order valence-corrected chi connectivity index (χ0v) is 16.4. The second-order valence-corrected chi connectivity index (χ2v) is 7.14. The van der Waals surface area contributed by atoms with E-state index in [-0.39, 0.29) is 5.91 Å². The summed E-state index contributed by atoms with van der Waals surface area (Å²) in [6, 6.07) is 12.7. The lowest BCUT2D eigenvalue weighted by Gasteiger charge is -2.28. The average molecular weight is 395 g/mol. The Hall–Kier alpha value is -3.19. The summed E-state index contributed by atoms with van der Waals surface area (Å²) in [6.07, 6.45) is 0. The van der Waals surface area contributed by atoms with Gasteiger partial charge in [0, 0.05) is 22.0 Å².